The highest BCUT2D eigenvalue weighted by molar-refractivity contribution is 7.80. The Balaban J connectivity index is 1.56. The molecule has 0 aliphatic carbocycles. The average Bonchev–Trinajstić information content (AvgIpc) is 2.85. The Labute approximate surface area is 196 Å². The van der Waals surface area contributed by atoms with Crippen molar-refractivity contribution in [3.63, 3.8) is 0 Å². The zero-order valence-electron chi connectivity index (χ0n) is 17.8. The highest BCUT2D eigenvalue weighted by Crippen LogP contribution is 2.27. The molecular formula is C26H21N3O3S. The summed E-state index contributed by atoms with van der Waals surface area (Å²) in [4.78, 5) is 12.7. The monoisotopic (exact) mass is 455 g/mol. The lowest BCUT2D eigenvalue weighted by Gasteiger charge is -2.11. The molecule has 0 aromatic heterocycles. The quantitative estimate of drug-likeness (QED) is 0.134. The van der Waals surface area contributed by atoms with Gasteiger partial charge in [-0.2, -0.15) is 5.10 Å². The number of hydrogen-bond donors (Lipinski definition) is 2. The zero-order chi connectivity index (χ0) is 23.0. The van der Waals surface area contributed by atoms with Crippen molar-refractivity contribution in [2.45, 2.75) is 0 Å². The van der Waals surface area contributed by atoms with E-state index in [9.17, 15) is 4.79 Å². The van der Waals surface area contributed by atoms with Crippen LogP contribution >= 0.6 is 12.2 Å². The number of esters is 1. The first-order valence-corrected chi connectivity index (χ1v) is 10.6. The third-order valence-corrected chi connectivity index (χ3v) is 5.04. The predicted molar refractivity (Wildman–Crippen MR) is 135 cm³/mol. The van der Waals surface area contributed by atoms with Gasteiger partial charge in [-0.3, -0.25) is 5.43 Å². The van der Waals surface area contributed by atoms with Gasteiger partial charge in [-0.25, -0.2) is 4.79 Å². The Morgan fingerprint density at radius 2 is 1.64 bits per heavy atom. The van der Waals surface area contributed by atoms with E-state index in [4.69, 9.17) is 21.7 Å². The number of carbonyl (C=O) groups is 1. The number of nitrogens with one attached hydrogen (secondary N) is 2. The molecule has 0 atom stereocenters. The molecule has 0 saturated carbocycles. The molecule has 4 rings (SSSR count). The second-order valence-electron chi connectivity index (χ2n) is 7.01. The molecule has 0 aliphatic heterocycles. The molecule has 7 heteroatoms. The molecule has 0 aliphatic rings. The highest BCUT2D eigenvalue weighted by atomic mass is 32.1. The Morgan fingerprint density at radius 3 is 2.39 bits per heavy atom. The fourth-order valence-electron chi connectivity index (χ4n) is 3.22. The minimum Gasteiger partial charge on any atom is -0.497 e. The topological polar surface area (TPSA) is 72.0 Å². The van der Waals surface area contributed by atoms with Gasteiger partial charge in [-0.15, -0.1) is 0 Å². The molecule has 164 valence electrons. The fourth-order valence-corrected chi connectivity index (χ4v) is 3.39. The van der Waals surface area contributed by atoms with Crippen molar-refractivity contribution < 1.29 is 14.3 Å². The number of thiocarbonyl (C=S) groups is 1. The van der Waals surface area contributed by atoms with E-state index in [0.717, 1.165) is 16.5 Å². The van der Waals surface area contributed by atoms with Gasteiger partial charge in [0.05, 0.1) is 18.9 Å². The third kappa shape index (κ3) is 5.53. The summed E-state index contributed by atoms with van der Waals surface area (Å²) in [5.74, 6) is 0.579. The number of ether oxygens (including phenoxy) is 2. The number of hydrazone groups is 1. The summed E-state index contributed by atoms with van der Waals surface area (Å²) in [5.41, 5.74) is 4.73. The smallest absolute Gasteiger partial charge is 0.343 e. The summed E-state index contributed by atoms with van der Waals surface area (Å²) < 4.78 is 10.9. The van der Waals surface area contributed by atoms with Gasteiger partial charge in [0.1, 0.15) is 11.5 Å². The molecule has 0 saturated heterocycles. The second-order valence-corrected chi connectivity index (χ2v) is 7.41. The van der Waals surface area contributed by atoms with Crippen molar-refractivity contribution >= 4 is 46.0 Å². The van der Waals surface area contributed by atoms with Gasteiger partial charge in [0.15, 0.2) is 5.11 Å². The van der Waals surface area contributed by atoms with Crippen LogP contribution in [0.4, 0.5) is 5.69 Å². The number of para-hydroxylation sites is 1. The van der Waals surface area contributed by atoms with E-state index in [1.165, 1.54) is 0 Å². The van der Waals surface area contributed by atoms with E-state index < -0.39 is 5.97 Å². The van der Waals surface area contributed by atoms with Crippen molar-refractivity contribution in [2.75, 3.05) is 12.4 Å². The minimum absolute atomic E-state index is 0.342. The van der Waals surface area contributed by atoms with E-state index in [1.807, 2.05) is 60.7 Å². The summed E-state index contributed by atoms with van der Waals surface area (Å²) in [6.07, 6.45) is 1.60. The standard InChI is InChI=1S/C26H21N3O3S/c1-31-21-14-11-19(12-15-21)25(30)32-24-16-13-18-7-5-6-10-22(18)23(24)17-27-29-26(33)28-20-8-3-2-4-9-20/h2-17H,1H3,(H2,28,29,33). The first-order valence-electron chi connectivity index (χ1n) is 10.2. The van der Waals surface area contributed by atoms with Gasteiger partial charge in [-0.05, 0) is 65.5 Å². The molecule has 0 radical (unpaired) electrons. The van der Waals surface area contributed by atoms with E-state index >= 15 is 0 Å². The van der Waals surface area contributed by atoms with Crippen molar-refractivity contribution in [3.8, 4) is 11.5 Å². The largest absolute Gasteiger partial charge is 0.497 e. The number of carbonyl (C=O) groups excluding carboxylic acids is 1. The molecule has 0 heterocycles. The van der Waals surface area contributed by atoms with E-state index in [-0.39, 0.29) is 0 Å². The Morgan fingerprint density at radius 1 is 0.909 bits per heavy atom. The van der Waals surface area contributed by atoms with Crippen molar-refractivity contribution in [2.24, 2.45) is 5.10 Å². The molecule has 4 aromatic rings. The molecule has 6 nitrogen and oxygen atoms in total. The molecule has 0 amide bonds. The number of hydrogen-bond acceptors (Lipinski definition) is 5. The highest BCUT2D eigenvalue weighted by Gasteiger charge is 2.13. The molecule has 2 N–H and O–H groups in total. The maximum Gasteiger partial charge on any atom is 0.343 e. The van der Waals surface area contributed by atoms with Crippen molar-refractivity contribution in [3.05, 3.63) is 102 Å². The summed E-state index contributed by atoms with van der Waals surface area (Å²) in [6.45, 7) is 0. The minimum atomic E-state index is -0.475. The first-order chi connectivity index (χ1) is 16.1. The SMILES string of the molecule is COc1ccc(C(=O)Oc2ccc3ccccc3c2C=NNC(=S)Nc2ccccc2)cc1. The van der Waals surface area contributed by atoms with Gasteiger partial charge in [0.25, 0.3) is 0 Å². The van der Waals surface area contributed by atoms with Gasteiger partial charge in [0.2, 0.25) is 0 Å². The summed E-state index contributed by atoms with van der Waals surface area (Å²) in [5, 5.41) is 9.55. The molecule has 33 heavy (non-hydrogen) atoms. The maximum atomic E-state index is 12.7. The second kappa shape index (κ2) is 10.4. The third-order valence-electron chi connectivity index (χ3n) is 4.85. The number of anilines is 1. The van der Waals surface area contributed by atoms with Crippen LogP contribution in [0.3, 0.4) is 0 Å². The van der Waals surface area contributed by atoms with E-state index in [2.05, 4.69) is 15.8 Å². The van der Waals surface area contributed by atoms with Gasteiger partial charge in [-0.1, -0.05) is 48.5 Å². The van der Waals surface area contributed by atoms with Gasteiger partial charge >= 0.3 is 5.97 Å². The summed E-state index contributed by atoms with van der Waals surface area (Å²) >= 11 is 5.30. The number of benzene rings is 4. The maximum absolute atomic E-state index is 12.7. The van der Waals surface area contributed by atoms with Crippen LogP contribution in [-0.2, 0) is 0 Å². The van der Waals surface area contributed by atoms with Crippen LogP contribution in [0.15, 0.2) is 96.1 Å². The molecular weight excluding hydrogens is 434 g/mol. The van der Waals surface area contributed by atoms with Crippen LogP contribution in [0.2, 0.25) is 0 Å². The predicted octanol–water partition coefficient (Wildman–Crippen LogP) is 5.39. The molecule has 0 bridgehead atoms. The molecule has 0 spiro atoms. The Hall–Kier alpha value is -4.23. The Bertz CT molecular complexity index is 1310. The lowest BCUT2D eigenvalue weighted by molar-refractivity contribution is 0.0734. The number of fused-ring (bicyclic) bond motifs is 1. The van der Waals surface area contributed by atoms with Crippen molar-refractivity contribution in [1.82, 2.24) is 5.43 Å². The van der Waals surface area contributed by atoms with E-state index in [0.29, 0.717) is 27.7 Å². The molecule has 4 aromatic carbocycles. The first kappa shape index (κ1) is 22.0. The molecule has 0 fully saturated rings. The normalized spacial score (nSPS) is 10.7. The van der Waals surface area contributed by atoms with Crippen LogP contribution in [-0.4, -0.2) is 24.4 Å². The summed E-state index contributed by atoms with van der Waals surface area (Å²) in [6, 6.07) is 27.7. The lowest BCUT2D eigenvalue weighted by atomic mass is 10.0. The molecule has 0 unspecified atom stereocenters. The van der Waals surface area contributed by atoms with Gasteiger partial charge in [0, 0.05) is 11.3 Å². The van der Waals surface area contributed by atoms with Crippen LogP contribution in [0, 0.1) is 0 Å². The number of rotatable bonds is 6. The average molecular weight is 456 g/mol. The lowest BCUT2D eigenvalue weighted by Crippen LogP contribution is -2.23. The van der Waals surface area contributed by atoms with Crippen LogP contribution in [0.1, 0.15) is 15.9 Å². The van der Waals surface area contributed by atoms with Crippen LogP contribution in [0.5, 0.6) is 11.5 Å². The zero-order valence-corrected chi connectivity index (χ0v) is 18.6. The number of methoxy groups -OCH3 is 1. The van der Waals surface area contributed by atoms with Gasteiger partial charge < -0.3 is 14.8 Å². The summed E-state index contributed by atoms with van der Waals surface area (Å²) in [7, 11) is 1.57. The fraction of sp³-hybridized carbons (Fsp3) is 0.0385. The van der Waals surface area contributed by atoms with E-state index in [1.54, 1.807) is 43.7 Å². The van der Waals surface area contributed by atoms with Crippen molar-refractivity contribution in [1.29, 1.82) is 0 Å². The Kier molecular flexibility index (Phi) is 6.92. The number of nitrogens with zero attached hydrogens (tertiary/aromatic N) is 1. The van der Waals surface area contributed by atoms with Crippen LogP contribution < -0.4 is 20.2 Å². The van der Waals surface area contributed by atoms with Crippen LogP contribution in [0.25, 0.3) is 10.8 Å².